The highest BCUT2D eigenvalue weighted by atomic mass is 16.6. The Balaban J connectivity index is 1.87. The molecular formula is C18H29N5O3. The van der Waals surface area contributed by atoms with E-state index in [9.17, 15) is 9.59 Å². The molecule has 1 aromatic heterocycles. The molecule has 8 heteroatoms. The van der Waals surface area contributed by atoms with Crippen LogP contribution < -0.4 is 10.2 Å². The Bertz CT molecular complexity index is 602. The first-order valence-electron chi connectivity index (χ1n) is 9.31. The molecule has 0 radical (unpaired) electrons. The number of amides is 2. The van der Waals surface area contributed by atoms with Gasteiger partial charge in [0.2, 0.25) is 5.95 Å². The maximum absolute atomic E-state index is 12.5. The highest BCUT2D eigenvalue weighted by molar-refractivity contribution is 5.92. The highest BCUT2D eigenvalue weighted by Gasteiger charge is 2.25. The van der Waals surface area contributed by atoms with Crippen LogP contribution in [0.1, 0.15) is 50.0 Å². The second-order valence-corrected chi connectivity index (χ2v) is 6.45. The van der Waals surface area contributed by atoms with Gasteiger partial charge in [-0.15, -0.1) is 0 Å². The zero-order valence-corrected chi connectivity index (χ0v) is 15.9. The van der Waals surface area contributed by atoms with Crippen LogP contribution in [0.4, 0.5) is 10.7 Å². The van der Waals surface area contributed by atoms with Crippen molar-refractivity contribution in [2.75, 3.05) is 38.2 Å². The first-order valence-corrected chi connectivity index (χ1v) is 9.31. The summed E-state index contributed by atoms with van der Waals surface area (Å²) in [6.45, 7) is 6.32. The van der Waals surface area contributed by atoms with Crippen LogP contribution in [0.3, 0.4) is 0 Å². The van der Waals surface area contributed by atoms with E-state index in [0.29, 0.717) is 44.2 Å². The number of unbranched alkanes of at least 4 members (excludes halogenated alkanes) is 1. The number of nitrogens with zero attached hydrogens (tertiary/aromatic N) is 4. The Kier molecular flexibility index (Phi) is 7.62. The van der Waals surface area contributed by atoms with Crippen LogP contribution in [0.5, 0.6) is 0 Å². The normalized spacial score (nSPS) is 14.8. The van der Waals surface area contributed by atoms with E-state index in [1.165, 1.54) is 0 Å². The largest absolute Gasteiger partial charge is 0.450 e. The van der Waals surface area contributed by atoms with Crippen molar-refractivity contribution in [3.05, 3.63) is 18.0 Å². The third kappa shape index (κ3) is 5.57. The number of rotatable bonds is 7. The van der Waals surface area contributed by atoms with Crippen molar-refractivity contribution in [3.63, 3.8) is 0 Å². The summed E-state index contributed by atoms with van der Waals surface area (Å²) < 4.78 is 5.01. The van der Waals surface area contributed by atoms with Crippen molar-refractivity contribution < 1.29 is 14.3 Å². The highest BCUT2D eigenvalue weighted by Crippen LogP contribution is 2.13. The molecule has 2 heterocycles. The van der Waals surface area contributed by atoms with Gasteiger partial charge in [0.1, 0.15) is 5.69 Å². The number of carbonyl (C=O) groups is 2. The lowest BCUT2D eigenvalue weighted by molar-refractivity contribution is 0.0856. The fourth-order valence-corrected chi connectivity index (χ4v) is 2.83. The second kappa shape index (κ2) is 9.94. The topological polar surface area (TPSA) is 87.7 Å². The van der Waals surface area contributed by atoms with Gasteiger partial charge in [-0.1, -0.05) is 13.3 Å². The van der Waals surface area contributed by atoms with Crippen LogP contribution in [0.15, 0.2) is 12.3 Å². The third-order valence-corrected chi connectivity index (χ3v) is 4.42. The zero-order chi connectivity index (χ0) is 18.9. The molecule has 8 nitrogen and oxygen atoms in total. The van der Waals surface area contributed by atoms with Crippen molar-refractivity contribution in [1.82, 2.24) is 20.2 Å². The second-order valence-electron chi connectivity index (χ2n) is 6.45. The van der Waals surface area contributed by atoms with Crippen LogP contribution in [-0.4, -0.2) is 66.2 Å². The Morgan fingerprint density at radius 2 is 2.08 bits per heavy atom. The quantitative estimate of drug-likeness (QED) is 0.798. The zero-order valence-electron chi connectivity index (χ0n) is 15.9. The minimum absolute atomic E-state index is 0.0319. The summed E-state index contributed by atoms with van der Waals surface area (Å²) in [5.41, 5.74) is 0.367. The van der Waals surface area contributed by atoms with E-state index in [2.05, 4.69) is 22.2 Å². The molecule has 26 heavy (non-hydrogen) atoms. The molecule has 1 N–H and O–H groups in total. The molecule has 0 bridgehead atoms. The summed E-state index contributed by atoms with van der Waals surface area (Å²) >= 11 is 0. The summed E-state index contributed by atoms with van der Waals surface area (Å²) in [7, 11) is 1.93. The summed E-state index contributed by atoms with van der Waals surface area (Å²) in [6, 6.07) is 1.66. The summed E-state index contributed by atoms with van der Waals surface area (Å²) in [5, 5.41) is 3.01. The van der Waals surface area contributed by atoms with E-state index in [4.69, 9.17) is 4.74 Å². The van der Waals surface area contributed by atoms with Crippen LogP contribution in [-0.2, 0) is 4.74 Å². The smallest absolute Gasteiger partial charge is 0.409 e. The van der Waals surface area contributed by atoms with E-state index in [1.807, 2.05) is 11.9 Å². The Hall–Kier alpha value is -2.38. The first-order chi connectivity index (χ1) is 12.5. The lowest BCUT2D eigenvalue weighted by Gasteiger charge is -2.31. The maximum atomic E-state index is 12.5. The number of hydrogen-bond acceptors (Lipinski definition) is 6. The number of aromatic nitrogens is 2. The van der Waals surface area contributed by atoms with Gasteiger partial charge in [-0.3, -0.25) is 4.79 Å². The van der Waals surface area contributed by atoms with Crippen molar-refractivity contribution >= 4 is 17.9 Å². The monoisotopic (exact) mass is 363 g/mol. The molecule has 1 fully saturated rings. The average Bonchev–Trinajstić information content (AvgIpc) is 2.67. The fourth-order valence-electron chi connectivity index (χ4n) is 2.83. The number of nitrogens with one attached hydrogen (secondary N) is 1. The standard InChI is InChI=1S/C18H29N5O3/c1-4-6-11-22(3)17-19-10-7-15(21-17)16(24)20-14-8-12-23(13-9-14)18(25)26-5-2/h7,10,14H,4-6,8-9,11-13H2,1-3H3,(H,20,24). The maximum Gasteiger partial charge on any atom is 0.409 e. The van der Waals surface area contributed by atoms with Crippen molar-refractivity contribution in [3.8, 4) is 0 Å². The molecule has 1 saturated heterocycles. The van der Waals surface area contributed by atoms with Gasteiger partial charge >= 0.3 is 6.09 Å². The first kappa shape index (κ1) is 19.9. The summed E-state index contributed by atoms with van der Waals surface area (Å²) in [6.07, 6.45) is 4.89. The van der Waals surface area contributed by atoms with Gasteiger partial charge in [0.15, 0.2) is 0 Å². The van der Waals surface area contributed by atoms with Gasteiger partial charge < -0.3 is 19.9 Å². The van der Waals surface area contributed by atoms with E-state index in [-0.39, 0.29) is 18.0 Å². The SMILES string of the molecule is CCCCN(C)c1nccc(C(=O)NC2CCN(C(=O)OCC)CC2)n1. The molecule has 0 saturated carbocycles. The molecular weight excluding hydrogens is 334 g/mol. The van der Waals surface area contributed by atoms with Gasteiger partial charge in [-0.25, -0.2) is 14.8 Å². The number of piperidine rings is 1. The van der Waals surface area contributed by atoms with Crippen LogP contribution >= 0.6 is 0 Å². The van der Waals surface area contributed by atoms with E-state index in [1.54, 1.807) is 24.1 Å². The molecule has 0 aliphatic carbocycles. The van der Waals surface area contributed by atoms with Crippen LogP contribution in [0.25, 0.3) is 0 Å². The molecule has 2 amide bonds. The number of likely N-dealkylation sites (tertiary alicyclic amines) is 1. The Morgan fingerprint density at radius 3 is 2.73 bits per heavy atom. The number of hydrogen-bond donors (Lipinski definition) is 1. The van der Waals surface area contributed by atoms with Gasteiger partial charge in [0, 0.05) is 38.9 Å². The van der Waals surface area contributed by atoms with Crippen LogP contribution in [0, 0.1) is 0 Å². The van der Waals surface area contributed by atoms with Crippen molar-refractivity contribution in [2.45, 2.75) is 45.6 Å². The van der Waals surface area contributed by atoms with Crippen molar-refractivity contribution in [1.29, 1.82) is 0 Å². The molecule has 2 rings (SSSR count). The van der Waals surface area contributed by atoms with E-state index < -0.39 is 0 Å². The third-order valence-electron chi connectivity index (χ3n) is 4.42. The van der Waals surface area contributed by atoms with E-state index in [0.717, 1.165) is 19.4 Å². The summed E-state index contributed by atoms with van der Waals surface area (Å²) in [5.74, 6) is 0.357. The van der Waals surface area contributed by atoms with Crippen LogP contribution in [0.2, 0.25) is 0 Å². The van der Waals surface area contributed by atoms with Gasteiger partial charge in [-0.05, 0) is 32.3 Å². The predicted octanol–water partition coefficient (Wildman–Crippen LogP) is 2.06. The van der Waals surface area contributed by atoms with Gasteiger partial charge in [0.05, 0.1) is 6.61 Å². The van der Waals surface area contributed by atoms with Gasteiger partial charge in [-0.2, -0.15) is 0 Å². The van der Waals surface area contributed by atoms with Gasteiger partial charge in [0.25, 0.3) is 5.91 Å². The molecule has 0 unspecified atom stereocenters. The molecule has 144 valence electrons. The molecule has 0 spiro atoms. The predicted molar refractivity (Wildman–Crippen MR) is 99.3 cm³/mol. The molecule has 1 aliphatic heterocycles. The molecule has 0 aromatic carbocycles. The number of ether oxygens (including phenoxy) is 1. The minimum atomic E-state index is -0.284. The van der Waals surface area contributed by atoms with Crippen molar-refractivity contribution in [2.24, 2.45) is 0 Å². The number of carbonyl (C=O) groups excluding carboxylic acids is 2. The average molecular weight is 363 g/mol. The molecule has 1 aliphatic rings. The minimum Gasteiger partial charge on any atom is -0.450 e. The van der Waals surface area contributed by atoms with E-state index >= 15 is 0 Å². The Morgan fingerprint density at radius 1 is 1.35 bits per heavy atom. The fraction of sp³-hybridized carbons (Fsp3) is 0.667. The number of anilines is 1. The summed E-state index contributed by atoms with van der Waals surface area (Å²) in [4.78, 5) is 36.5. The molecule has 0 atom stereocenters. The lowest BCUT2D eigenvalue weighted by Crippen LogP contribution is -2.46. The lowest BCUT2D eigenvalue weighted by atomic mass is 10.1. The molecule has 1 aromatic rings. The Labute approximate surface area is 154 Å².